The molecule has 3 atom stereocenters. The van der Waals surface area contributed by atoms with E-state index in [1.54, 1.807) is 24.2 Å². The third kappa shape index (κ3) is 8.07. The van der Waals surface area contributed by atoms with Gasteiger partial charge in [0.05, 0.1) is 40.3 Å². The largest absolute Gasteiger partial charge is 0.417 e. The Labute approximate surface area is 248 Å². The van der Waals surface area contributed by atoms with E-state index in [1.807, 2.05) is 44.2 Å². The fraction of sp³-hybridized carbons (Fsp3) is 0.419. The minimum atomic E-state index is -4.60. The van der Waals surface area contributed by atoms with Crippen molar-refractivity contribution in [3.8, 4) is 0 Å². The van der Waals surface area contributed by atoms with Crippen LogP contribution in [-0.2, 0) is 28.6 Å². The van der Waals surface area contributed by atoms with Crippen molar-refractivity contribution in [2.24, 2.45) is 0 Å². The van der Waals surface area contributed by atoms with Crippen molar-refractivity contribution >= 4 is 23.4 Å². The number of aromatic nitrogens is 2. The van der Waals surface area contributed by atoms with Gasteiger partial charge in [0.1, 0.15) is 6.04 Å². The molecule has 2 N–H and O–H groups in total. The van der Waals surface area contributed by atoms with Gasteiger partial charge in [0, 0.05) is 31.6 Å². The lowest BCUT2D eigenvalue weighted by molar-refractivity contribution is -0.138. The number of carbonyl (C=O) groups excluding carboxylic acids is 2. The summed E-state index contributed by atoms with van der Waals surface area (Å²) in [5.41, 5.74) is 1.97. The van der Waals surface area contributed by atoms with Crippen LogP contribution in [0.3, 0.4) is 0 Å². The van der Waals surface area contributed by atoms with Crippen LogP contribution in [0.4, 0.5) is 13.2 Å². The Morgan fingerprint density at radius 1 is 1.07 bits per heavy atom. The van der Waals surface area contributed by atoms with Crippen LogP contribution in [0.25, 0.3) is 0 Å². The molecular formula is C31H35ClF3N5O2. The highest BCUT2D eigenvalue weighted by molar-refractivity contribution is 6.31. The van der Waals surface area contributed by atoms with Crippen LogP contribution >= 0.6 is 11.6 Å². The summed E-state index contributed by atoms with van der Waals surface area (Å²) in [7, 11) is 0. The monoisotopic (exact) mass is 601 g/mol. The first-order valence-electron chi connectivity index (χ1n) is 14.0. The van der Waals surface area contributed by atoms with Gasteiger partial charge in [-0.15, -0.1) is 0 Å². The van der Waals surface area contributed by atoms with E-state index in [4.69, 9.17) is 16.6 Å². The van der Waals surface area contributed by atoms with Crippen molar-refractivity contribution in [2.75, 3.05) is 6.54 Å². The van der Waals surface area contributed by atoms with Crippen LogP contribution in [0.5, 0.6) is 0 Å². The molecule has 0 aliphatic carbocycles. The van der Waals surface area contributed by atoms with E-state index in [1.165, 1.54) is 12.1 Å². The Hall–Kier alpha value is -3.50. The minimum absolute atomic E-state index is 0.0262. The number of alkyl halides is 3. The fourth-order valence-corrected chi connectivity index (χ4v) is 5.55. The first-order chi connectivity index (χ1) is 19.9. The van der Waals surface area contributed by atoms with E-state index < -0.39 is 28.8 Å². The van der Waals surface area contributed by atoms with Gasteiger partial charge in [-0.1, -0.05) is 61.8 Å². The van der Waals surface area contributed by atoms with E-state index in [0.29, 0.717) is 30.6 Å². The summed E-state index contributed by atoms with van der Waals surface area (Å²) in [4.78, 5) is 38.0. The van der Waals surface area contributed by atoms with Gasteiger partial charge in [0.2, 0.25) is 11.8 Å². The average Bonchev–Trinajstić information content (AvgIpc) is 3.42. The number of nitrogens with one attached hydrogen (secondary N) is 2. The maximum atomic E-state index is 14.0. The molecule has 1 aliphatic rings. The Balaban J connectivity index is 1.58. The normalized spacial score (nSPS) is 16.9. The number of likely N-dealkylation sites (tertiary alicyclic amines) is 1. The molecule has 224 valence electrons. The third-order valence-electron chi connectivity index (χ3n) is 7.18. The van der Waals surface area contributed by atoms with Crippen LogP contribution < -0.4 is 10.6 Å². The van der Waals surface area contributed by atoms with Crippen LogP contribution in [0.15, 0.2) is 60.9 Å². The minimum Gasteiger partial charge on any atom is -0.343 e. The summed E-state index contributed by atoms with van der Waals surface area (Å²) >= 11 is 5.97. The van der Waals surface area contributed by atoms with Crippen molar-refractivity contribution in [3.05, 3.63) is 94.0 Å². The maximum Gasteiger partial charge on any atom is 0.417 e. The number of rotatable bonds is 10. The van der Waals surface area contributed by atoms with Crippen LogP contribution in [0.1, 0.15) is 67.7 Å². The highest BCUT2D eigenvalue weighted by atomic mass is 35.5. The number of benzene rings is 2. The summed E-state index contributed by atoms with van der Waals surface area (Å²) in [5.74, 6) is -0.727. The maximum absolute atomic E-state index is 14.0. The molecule has 0 bridgehead atoms. The molecule has 0 spiro atoms. The Morgan fingerprint density at radius 2 is 1.81 bits per heavy atom. The number of halogens is 4. The predicted molar refractivity (Wildman–Crippen MR) is 155 cm³/mol. The highest BCUT2D eigenvalue weighted by Gasteiger charge is 2.37. The third-order valence-corrected chi connectivity index (χ3v) is 7.49. The smallest absolute Gasteiger partial charge is 0.343 e. The molecule has 0 radical (unpaired) electrons. The molecule has 4 rings (SSSR count). The molecule has 42 heavy (non-hydrogen) atoms. The van der Waals surface area contributed by atoms with Gasteiger partial charge in [0.25, 0.3) is 0 Å². The predicted octanol–water partition coefficient (Wildman–Crippen LogP) is 5.52. The van der Waals surface area contributed by atoms with Crippen molar-refractivity contribution in [1.82, 2.24) is 25.5 Å². The van der Waals surface area contributed by atoms with Crippen LogP contribution in [0, 0.1) is 0 Å². The molecule has 1 unspecified atom stereocenters. The number of amides is 2. The molecule has 1 aliphatic heterocycles. The van der Waals surface area contributed by atoms with Gasteiger partial charge < -0.3 is 15.5 Å². The van der Waals surface area contributed by atoms with E-state index in [0.717, 1.165) is 23.7 Å². The molecule has 3 aromatic rings. The lowest BCUT2D eigenvalue weighted by atomic mass is 10.0. The summed E-state index contributed by atoms with van der Waals surface area (Å²) in [6.07, 6.45) is 0.735. The van der Waals surface area contributed by atoms with E-state index in [2.05, 4.69) is 15.6 Å². The SMILES string of the molecule is CC(C)N[C@H](C)C(=O)N[C@H](Cc1ccc(C(F)(F)F)c(Cl)c1)C(=O)N1CCCC1c1cncc(Cc2ccccc2)n1. The van der Waals surface area contributed by atoms with Gasteiger partial charge in [0.15, 0.2) is 0 Å². The summed E-state index contributed by atoms with van der Waals surface area (Å²) in [6.45, 7) is 5.95. The van der Waals surface area contributed by atoms with Gasteiger partial charge in [-0.25, -0.2) is 0 Å². The molecule has 0 saturated carbocycles. The quantitative estimate of drug-likeness (QED) is 0.320. The molecule has 11 heteroatoms. The van der Waals surface area contributed by atoms with Crippen molar-refractivity contribution in [3.63, 3.8) is 0 Å². The molecule has 2 amide bonds. The number of hydrogen-bond donors (Lipinski definition) is 2. The van der Waals surface area contributed by atoms with Gasteiger partial charge in [-0.3, -0.25) is 19.6 Å². The van der Waals surface area contributed by atoms with E-state index in [-0.39, 0.29) is 30.3 Å². The number of hydrogen-bond acceptors (Lipinski definition) is 5. The van der Waals surface area contributed by atoms with Gasteiger partial charge in [-0.2, -0.15) is 13.2 Å². The summed E-state index contributed by atoms with van der Waals surface area (Å²) in [6, 6.07) is 11.3. The fourth-order valence-electron chi connectivity index (χ4n) is 5.24. The zero-order valence-electron chi connectivity index (χ0n) is 23.8. The van der Waals surface area contributed by atoms with Crippen molar-refractivity contribution in [1.29, 1.82) is 0 Å². The lowest BCUT2D eigenvalue weighted by Gasteiger charge is -2.30. The highest BCUT2D eigenvalue weighted by Crippen LogP contribution is 2.36. The molecule has 1 fully saturated rings. The molecule has 1 saturated heterocycles. The van der Waals surface area contributed by atoms with E-state index >= 15 is 0 Å². The van der Waals surface area contributed by atoms with Crippen LogP contribution in [0.2, 0.25) is 5.02 Å². The van der Waals surface area contributed by atoms with Crippen molar-refractivity contribution in [2.45, 2.75) is 76.8 Å². The van der Waals surface area contributed by atoms with Gasteiger partial charge in [-0.05, 0) is 43.0 Å². The Bertz CT molecular complexity index is 1390. The summed E-state index contributed by atoms with van der Waals surface area (Å²) in [5, 5.41) is 5.49. The first kappa shape index (κ1) is 31.4. The Morgan fingerprint density at radius 3 is 2.48 bits per heavy atom. The number of carbonyl (C=O) groups is 2. The lowest BCUT2D eigenvalue weighted by Crippen LogP contribution is -2.54. The number of nitrogens with zero attached hydrogens (tertiary/aromatic N) is 3. The Kier molecular flexibility index (Phi) is 10.2. The summed E-state index contributed by atoms with van der Waals surface area (Å²) < 4.78 is 39.8. The second-order valence-electron chi connectivity index (χ2n) is 10.9. The molecule has 2 aromatic carbocycles. The molecule has 1 aromatic heterocycles. The van der Waals surface area contributed by atoms with Crippen molar-refractivity contribution < 1.29 is 22.8 Å². The van der Waals surface area contributed by atoms with Gasteiger partial charge >= 0.3 is 6.18 Å². The zero-order valence-corrected chi connectivity index (χ0v) is 24.5. The zero-order chi connectivity index (χ0) is 30.4. The average molecular weight is 602 g/mol. The van der Waals surface area contributed by atoms with Crippen LogP contribution in [-0.4, -0.2) is 51.4 Å². The topological polar surface area (TPSA) is 87.2 Å². The molecule has 7 nitrogen and oxygen atoms in total. The molecule has 2 heterocycles. The molecular weight excluding hydrogens is 567 g/mol. The second-order valence-corrected chi connectivity index (χ2v) is 11.3. The van der Waals surface area contributed by atoms with E-state index in [9.17, 15) is 22.8 Å². The first-order valence-corrected chi connectivity index (χ1v) is 14.4. The second kappa shape index (κ2) is 13.6. The standard InChI is InChI=1S/C31H35ClF3N5O2/c1-19(2)37-20(3)29(41)39-26(16-22-11-12-24(25(32)15-22)31(33,34)35)30(42)40-13-7-10-28(40)27-18-36-17-23(38-27)14-21-8-5-4-6-9-21/h4-6,8-9,11-12,15,17-20,26,28,37H,7,10,13-14,16H2,1-3H3,(H,39,41)/t20-,26-,28?/m1/s1.